The molecule has 0 fully saturated rings. The lowest BCUT2D eigenvalue weighted by Gasteiger charge is -2.11. The Kier molecular flexibility index (Phi) is 3.48. The summed E-state index contributed by atoms with van der Waals surface area (Å²) in [6.45, 7) is 3.79. The van der Waals surface area contributed by atoms with Crippen molar-refractivity contribution < 1.29 is 4.39 Å². The number of rotatable bonds is 2. The second-order valence-electron chi connectivity index (χ2n) is 4.27. The molecule has 0 unspecified atom stereocenters. The first-order valence-corrected chi connectivity index (χ1v) is 5.91. The molecule has 94 valence electrons. The summed E-state index contributed by atoms with van der Waals surface area (Å²) in [6, 6.07) is 4.05. The monoisotopic (exact) mass is 266 g/mol. The molecule has 18 heavy (non-hydrogen) atoms. The molecule has 1 heterocycles. The average Bonchev–Trinajstić information content (AvgIpc) is 2.28. The highest BCUT2D eigenvalue weighted by Crippen LogP contribution is 2.30. The van der Waals surface area contributed by atoms with Crippen molar-refractivity contribution in [1.29, 1.82) is 0 Å². The number of hydrogen-bond donors (Lipinski definition) is 1. The molecule has 0 amide bonds. The SMILES string of the molecule is CC(C)c1c(-c2ccc(F)cc2Cl)nc[nH]c1=O. The van der Waals surface area contributed by atoms with Crippen LogP contribution in [0.4, 0.5) is 4.39 Å². The Labute approximate surface area is 109 Å². The molecule has 0 saturated heterocycles. The van der Waals surface area contributed by atoms with Gasteiger partial charge in [-0.3, -0.25) is 4.79 Å². The molecule has 1 aromatic carbocycles. The summed E-state index contributed by atoms with van der Waals surface area (Å²) in [5, 5.41) is 0.245. The van der Waals surface area contributed by atoms with Crippen molar-refractivity contribution in [3.8, 4) is 11.3 Å². The predicted molar refractivity (Wildman–Crippen MR) is 69.4 cm³/mol. The van der Waals surface area contributed by atoms with E-state index >= 15 is 0 Å². The number of hydrogen-bond acceptors (Lipinski definition) is 2. The number of benzene rings is 1. The molecule has 2 rings (SSSR count). The van der Waals surface area contributed by atoms with E-state index in [1.807, 2.05) is 13.8 Å². The average molecular weight is 267 g/mol. The van der Waals surface area contributed by atoms with Gasteiger partial charge in [-0.1, -0.05) is 25.4 Å². The summed E-state index contributed by atoms with van der Waals surface area (Å²) >= 11 is 6.00. The van der Waals surface area contributed by atoms with Gasteiger partial charge in [0.25, 0.3) is 5.56 Å². The fourth-order valence-electron chi connectivity index (χ4n) is 1.84. The van der Waals surface area contributed by atoms with Gasteiger partial charge in [0.1, 0.15) is 5.82 Å². The molecule has 0 aliphatic heterocycles. The first kappa shape index (κ1) is 12.8. The molecule has 0 radical (unpaired) electrons. The van der Waals surface area contributed by atoms with Gasteiger partial charge in [0.05, 0.1) is 17.0 Å². The maximum absolute atomic E-state index is 13.0. The fraction of sp³-hybridized carbons (Fsp3) is 0.231. The standard InChI is InChI=1S/C13H12ClFN2O/c1-7(2)11-12(16-6-17-13(11)18)9-4-3-8(15)5-10(9)14/h3-7H,1-2H3,(H,16,17,18). The highest BCUT2D eigenvalue weighted by Gasteiger charge is 2.16. The van der Waals surface area contributed by atoms with Gasteiger partial charge >= 0.3 is 0 Å². The zero-order valence-electron chi connectivity index (χ0n) is 10.00. The maximum atomic E-state index is 13.0. The molecule has 2 aromatic rings. The van der Waals surface area contributed by atoms with E-state index in [1.165, 1.54) is 24.5 Å². The molecule has 1 aromatic heterocycles. The lowest BCUT2D eigenvalue weighted by atomic mass is 9.98. The van der Waals surface area contributed by atoms with E-state index in [4.69, 9.17) is 11.6 Å². The third-order valence-corrected chi connectivity index (χ3v) is 2.97. The number of nitrogens with one attached hydrogen (secondary N) is 1. The van der Waals surface area contributed by atoms with Gasteiger partial charge in [-0.05, 0) is 24.1 Å². The van der Waals surface area contributed by atoms with E-state index in [1.54, 1.807) is 0 Å². The summed E-state index contributed by atoms with van der Waals surface area (Å²) in [4.78, 5) is 18.5. The van der Waals surface area contributed by atoms with Crippen LogP contribution in [0.5, 0.6) is 0 Å². The van der Waals surface area contributed by atoms with Crippen LogP contribution in [0.3, 0.4) is 0 Å². The van der Waals surface area contributed by atoms with Crippen LogP contribution >= 0.6 is 11.6 Å². The van der Waals surface area contributed by atoms with E-state index < -0.39 is 5.82 Å². The summed E-state index contributed by atoms with van der Waals surface area (Å²) in [7, 11) is 0. The first-order valence-electron chi connectivity index (χ1n) is 5.53. The van der Waals surface area contributed by atoms with Crippen molar-refractivity contribution in [2.45, 2.75) is 19.8 Å². The van der Waals surface area contributed by atoms with Gasteiger partial charge in [-0.2, -0.15) is 0 Å². The van der Waals surface area contributed by atoms with Crippen LogP contribution in [0.2, 0.25) is 5.02 Å². The Hall–Kier alpha value is -1.68. The number of aromatic nitrogens is 2. The number of aromatic amines is 1. The molecule has 0 saturated carbocycles. The fourth-order valence-corrected chi connectivity index (χ4v) is 2.10. The minimum absolute atomic E-state index is 0.00132. The zero-order valence-corrected chi connectivity index (χ0v) is 10.8. The van der Waals surface area contributed by atoms with Crippen LogP contribution in [0.1, 0.15) is 25.3 Å². The minimum Gasteiger partial charge on any atom is -0.313 e. The second kappa shape index (κ2) is 4.90. The van der Waals surface area contributed by atoms with Gasteiger partial charge in [-0.25, -0.2) is 9.37 Å². The van der Waals surface area contributed by atoms with E-state index in [0.29, 0.717) is 16.8 Å². The van der Waals surface area contributed by atoms with Crippen LogP contribution in [-0.4, -0.2) is 9.97 Å². The highest BCUT2D eigenvalue weighted by atomic mass is 35.5. The van der Waals surface area contributed by atoms with Crippen LogP contribution in [0, 0.1) is 5.82 Å². The first-order chi connectivity index (χ1) is 8.50. The van der Waals surface area contributed by atoms with E-state index in [-0.39, 0.29) is 16.5 Å². The van der Waals surface area contributed by atoms with E-state index in [2.05, 4.69) is 9.97 Å². The van der Waals surface area contributed by atoms with Crippen LogP contribution in [0.15, 0.2) is 29.3 Å². The number of H-pyrrole nitrogens is 1. The third kappa shape index (κ3) is 2.29. The van der Waals surface area contributed by atoms with Gasteiger partial charge in [0.2, 0.25) is 0 Å². The molecule has 0 bridgehead atoms. The molecular formula is C13H12ClFN2O. The summed E-state index contributed by atoms with van der Waals surface area (Å²) < 4.78 is 13.0. The molecule has 1 N–H and O–H groups in total. The largest absolute Gasteiger partial charge is 0.313 e. The van der Waals surface area contributed by atoms with Gasteiger partial charge in [-0.15, -0.1) is 0 Å². The Morgan fingerprint density at radius 1 is 1.39 bits per heavy atom. The van der Waals surface area contributed by atoms with Crippen molar-refractivity contribution in [3.05, 3.63) is 51.3 Å². The van der Waals surface area contributed by atoms with Gasteiger partial charge in [0.15, 0.2) is 0 Å². The molecule has 0 aliphatic carbocycles. The minimum atomic E-state index is -0.417. The predicted octanol–water partition coefficient (Wildman–Crippen LogP) is 3.35. The summed E-state index contributed by atoms with van der Waals surface area (Å²) in [6.07, 6.45) is 1.32. The lowest BCUT2D eigenvalue weighted by molar-refractivity contribution is 0.628. The Morgan fingerprint density at radius 2 is 2.11 bits per heavy atom. The smallest absolute Gasteiger partial charge is 0.254 e. The molecule has 0 atom stereocenters. The van der Waals surface area contributed by atoms with Crippen molar-refractivity contribution in [2.75, 3.05) is 0 Å². The van der Waals surface area contributed by atoms with Crippen LogP contribution in [-0.2, 0) is 0 Å². The second-order valence-corrected chi connectivity index (χ2v) is 4.68. The number of nitrogens with zero attached hydrogens (tertiary/aromatic N) is 1. The van der Waals surface area contributed by atoms with Crippen molar-refractivity contribution in [2.24, 2.45) is 0 Å². The van der Waals surface area contributed by atoms with Crippen LogP contribution < -0.4 is 5.56 Å². The molecule has 5 heteroatoms. The Morgan fingerprint density at radius 3 is 2.72 bits per heavy atom. The van der Waals surface area contributed by atoms with Gasteiger partial charge < -0.3 is 4.98 Å². The van der Waals surface area contributed by atoms with Crippen LogP contribution in [0.25, 0.3) is 11.3 Å². The quantitative estimate of drug-likeness (QED) is 0.906. The Bertz CT molecular complexity index is 637. The third-order valence-electron chi connectivity index (χ3n) is 2.65. The zero-order chi connectivity index (χ0) is 13.3. The topological polar surface area (TPSA) is 45.8 Å². The Balaban J connectivity index is 2.71. The maximum Gasteiger partial charge on any atom is 0.254 e. The molecule has 3 nitrogen and oxygen atoms in total. The summed E-state index contributed by atoms with van der Waals surface area (Å²) in [5.74, 6) is -0.418. The molecule has 0 aliphatic rings. The van der Waals surface area contributed by atoms with E-state index in [9.17, 15) is 9.18 Å². The van der Waals surface area contributed by atoms with E-state index in [0.717, 1.165) is 0 Å². The number of halogens is 2. The normalized spacial score (nSPS) is 10.9. The molecule has 0 spiro atoms. The van der Waals surface area contributed by atoms with Crippen molar-refractivity contribution in [3.63, 3.8) is 0 Å². The van der Waals surface area contributed by atoms with Crippen molar-refractivity contribution >= 4 is 11.6 Å². The summed E-state index contributed by atoms with van der Waals surface area (Å²) in [5.41, 5.74) is 1.41. The highest BCUT2D eigenvalue weighted by molar-refractivity contribution is 6.33. The van der Waals surface area contributed by atoms with Crippen molar-refractivity contribution in [1.82, 2.24) is 9.97 Å². The lowest BCUT2D eigenvalue weighted by Crippen LogP contribution is -2.16. The van der Waals surface area contributed by atoms with Gasteiger partial charge in [0, 0.05) is 11.1 Å². The molecular weight excluding hydrogens is 255 g/mol.